The van der Waals surface area contributed by atoms with Crippen LogP contribution in [0.15, 0.2) is 48.5 Å². The van der Waals surface area contributed by atoms with Crippen LogP contribution < -0.4 is 4.74 Å². The van der Waals surface area contributed by atoms with E-state index in [2.05, 4.69) is 12.1 Å². The Balaban J connectivity index is 1.58. The topological polar surface area (TPSA) is 66.8 Å². The molecule has 130 valence electrons. The van der Waals surface area contributed by atoms with Crippen molar-refractivity contribution in [3.8, 4) is 5.75 Å². The number of rotatable bonds is 4. The zero-order valence-corrected chi connectivity index (χ0v) is 14.0. The van der Waals surface area contributed by atoms with Crippen LogP contribution in [0.25, 0.3) is 0 Å². The minimum Gasteiger partial charge on any atom is -0.493 e. The summed E-state index contributed by atoms with van der Waals surface area (Å²) in [5, 5.41) is 20.4. The molecule has 1 saturated carbocycles. The second-order valence-electron chi connectivity index (χ2n) is 7.20. The molecule has 0 saturated heterocycles. The molecule has 1 heterocycles. The van der Waals surface area contributed by atoms with Gasteiger partial charge in [0.1, 0.15) is 5.75 Å². The molecule has 1 aliphatic carbocycles. The van der Waals surface area contributed by atoms with Crippen molar-refractivity contribution in [1.29, 1.82) is 0 Å². The van der Waals surface area contributed by atoms with Crippen LogP contribution in [0.1, 0.15) is 42.1 Å². The van der Waals surface area contributed by atoms with Crippen molar-refractivity contribution in [2.24, 2.45) is 5.92 Å². The fourth-order valence-electron chi connectivity index (χ4n) is 3.99. The molecule has 2 aromatic carbocycles. The minimum atomic E-state index is -0.774. The van der Waals surface area contributed by atoms with Crippen molar-refractivity contribution >= 4 is 5.97 Å². The molecule has 25 heavy (non-hydrogen) atoms. The number of carbonyl (C=O) groups is 1. The molecule has 4 rings (SSSR count). The number of hydrogen-bond acceptors (Lipinski definition) is 3. The normalized spacial score (nSPS) is 23.9. The van der Waals surface area contributed by atoms with E-state index in [1.165, 1.54) is 5.56 Å². The van der Waals surface area contributed by atoms with Gasteiger partial charge in [0.25, 0.3) is 0 Å². The highest BCUT2D eigenvalue weighted by Gasteiger charge is 2.46. The number of aliphatic hydroxyl groups is 1. The molecule has 1 aliphatic heterocycles. The van der Waals surface area contributed by atoms with E-state index in [1.54, 1.807) is 0 Å². The Bertz CT molecular complexity index is 780. The standard InChI is InChI=1S/C21H22O4/c22-19-15(11-14-5-2-1-3-6-14)13-25-18-12-16(7-8-17(18)19)21(20(23)24)9-4-10-21/h1-3,5-8,12,15,19,22H,4,9-11,13H2,(H,23,24)/t15-,19+/m0/s1. The van der Waals surface area contributed by atoms with E-state index >= 15 is 0 Å². The fraction of sp³-hybridized carbons (Fsp3) is 0.381. The molecule has 0 radical (unpaired) electrons. The summed E-state index contributed by atoms with van der Waals surface area (Å²) in [6.45, 7) is 0.437. The number of ether oxygens (including phenoxy) is 1. The van der Waals surface area contributed by atoms with Gasteiger partial charge in [-0.05, 0) is 36.5 Å². The van der Waals surface area contributed by atoms with Crippen LogP contribution in [0.5, 0.6) is 5.75 Å². The van der Waals surface area contributed by atoms with Crippen molar-refractivity contribution in [1.82, 2.24) is 0 Å². The van der Waals surface area contributed by atoms with Crippen molar-refractivity contribution < 1.29 is 19.7 Å². The summed E-state index contributed by atoms with van der Waals surface area (Å²) in [6.07, 6.45) is 2.43. The zero-order chi connectivity index (χ0) is 17.4. The van der Waals surface area contributed by atoms with Gasteiger partial charge in [-0.15, -0.1) is 0 Å². The Morgan fingerprint density at radius 2 is 1.92 bits per heavy atom. The molecule has 4 nitrogen and oxygen atoms in total. The molecule has 0 bridgehead atoms. The summed E-state index contributed by atoms with van der Waals surface area (Å²) in [6, 6.07) is 15.6. The van der Waals surface area contributed by atoms with Gasteiger partial charge in [0.05, 0.1) is 18.1 Å². The average Bonchev–Trinajstić information content (AvgIpc) is 2.57. The smallest absolute Gasteiger partial charge is 0.314 e. The third kappa shape index (κ3) is 2.71. The lowest BCUT2D eigenvalue weighted by molar-refractivity contribution is -0.147. The summed E-state index contributed by atoms with van der Waals surface area (Å²) in [7, 11) is 0. The largest absolute Gasteiger partial charge is 0.493 e. The summed E-state index contributed by atoms with van der Waals surface area (Å²) in [4.78, 5) is 11.7. The third-order valence-electron chi connectivity index (χ3n) is 5.74. The molecule has 0 amide bonds. The van der Waals surface area contributed by atoms with Gasteiger partial charge in [-0.1, -0.05) is 48.9 Å². The first-order valence-corrected chi connectivity index (χ1v) is 8.83. The van der Waals surface area contributed by atoms with Crippen LogP contribution in [0.3, 0.4) is 0 Å². The number of hydrogen-bond donors (Lipinski definition) is 2. The molecule has 0 aromatic heterocycles. The number of benzene rings is 2. The number of aliphatic carboxylic acids is 1. The summed E-state index contributed by atoms with van der Waals surface area (Å²) in [5.41, 5.74) is 1.95. The van der Waals surface area contributed by atoms with Crippen molar-refractivity contribution in [2.75, 3.05) is 6.61 Å². The van der Waals surface area contributed by atoms with E-state index in [0.29, 0.717) is 25.2 Å². The van der Waals surface area contributed by atoms with Crippen LogP contribution in [0.2, 0.25) is 0 Å². The predicted octanol–water partition coefficient (Wildman–Crippen LogP) is 3.48. The SMILES string of the molecule is O=C(O)C1(c2ccc3c(c2)OC[C@H](Cc2ccccc2)[C@H]3O)CCC1. The highest BCUT2D eigenvalue weighted by molar-refractivity contribution is 5.82. The molecule has 0 spiro atoms. The van der Waals surface area contributed by atoms with E-state index in [1.807, 2.05) is 36.4 Å². The Morgan fingerprint density at radius 3 is 2.56 bits per heavy atom. The maximum absolute atomic E-state index is 11.7. The Morgan fingerprint density at radius 1 is 1.16 bits per heavy atom. The van der Waals surface area contributed by atoms with Crippen LogP contribution in [0, 0.1) is 5.92 Å². The first-order chi connectivity index (χ1) is 12.1. The van der Waals surface area contributed by atoms with Gasteiger partial charge < -0.3 is 14.9 Å². The summed E-state index contributed by atoms with van der Waals surface area (Å²) in [5.74, 6) is -0.142. The molecular formula is C21H22O4. The molecular weight excluding hydrogens is 316 g/mol. The maximum Gasteiger partial charge on any atom is 0.314 e. The van der Waals surface area contributed by atoms with Crippen LogP contribution in [0.4, 0.5) is 0 Å². The number of aliphatic hydroxyl groups excluding tert-OH is 1. The third-order valence-corrected chi connectivity index (χ3v) is 5.74. The number of carboxylic acids is 1. The van der Waals surface area contributed by atoms with E-state index in [9.17, 15) is 15.0 Å². The van der Waals surface area contributed by atoms with Gasteiger partial charge in [-0.3, -0.25) is 4.79 Å². The lowest BCUT2D eigenvalue weighted by atomic mass is 9.64. The molecule has 0 unspecified atom stereocenters. The average molecular weight is 338 g/mol. The van der Waals surface area contributed by atoms with Gasteiger partial charge in [0.15, 0.2) is 0 Å². The lowest BCUT2D eigenvalue weighted by Gasteiger charge is -2.39. The van der Waals surface area contributed by atoms with Gasteiger partial charge in [0.2, 0.25) is 0 Å². The lowest BCUT2D eigenvalue weighted by Crippen LogP contribution is -2.42. The molecule has 2 aromatic rings. The molecule has 1 fully saturated rings. The van der Waals surface area contributed by atoms with Crippen LogP contribution in [-0.4, -0.2) is 22.8 Å². The summed E-state index contributed by atoms with van der Waals surface area (Å²) < 4.78 is 5.91. The van der Waals surface area contributed by atoms with Crippen molar-refractivity contribution in [2.45, 2.75) is 37.2 Å². The van der Waals surface area contributed by atoms with Crippen LogP contribution in [-0.2, 0) is 16.6 Å². The second kappa shape index (κ2) is 6.19. The first-order valence-electron chi connectivity index (χ1n) is 8.83. The van der Waals surface area contributed by atoms with E-state index in [4.69, 9.17) is 4.74 Å². The number of fused-ring (bicyclic) bond motifs is 1. The Labute approximate surface area is 147 Å². The molecule has 2 N–H and O–H groups in total. The van der Waals surface area contributed by atoms with Gasteiger partial charge in [-0.2, -0.15) is 0 Å². The molecule has 4 heteroatoms. The number of carboxylic acid groups (broad SMARTS) is 1. The van der Waals surface area contributed by atoms with Crippen LogP contribution >= 0.6 is 0 Å². The van der Waals surface area contributed by atoms with E-state index in [0.717, 1.165) is 24.0 Å². The van der Waals surface area contributed by atoms with Gasteiger partial charge in [0, 0.05) is 11.5 Å². The van der Waals surface area contributed by atoms with Crippen molar-refractivity contribution in [3.05, 3.63) is 65.2 Å². The maximum atomic E-state index is 11.7. The second-order valence-corrected chi connectivity index (χ2v) is 7.20. The van der Waals surface area contributed by atoms with Crippen molar-refractivity contribution in [3.63, 3.8) is 0 Å². The summed E-state index contributed by atoms with van der Waals surface area (Å²) >= 11 is 0. The quantitative estimate of drug-likeness (QED) is 0.896. The monoisotopic (exact) mass is 338 g/mol. The molecule has 2 atom stereocenters. The highest BCUT2D eigenvalue weighted by Crippen LogP contribution is 2.47. The highest BCUT2D eigenvalue weighted by atomic mass is 16.5. The molecule has 2 aliphatic rings. The van der Waals surface area contributed by atoms with Gasteiger partial charge >= 0.3 is 5.97 Å². The van der Waals surface area contributed by atoms with Gasteiger partial charge in [-0.25, -0.2) is 0 Å². The van der Waals surface area contributed by atoms with E-state index in [-0.39, 0.29) is 5.92 Å². The fourth-order valence-corrected chi connectivity index (χ4v) is 3.99. The minimum absolute atomic E-state index is 0.00196. The van der Waals surface area contributed by atoms with E-state index < -0.39 is 17.5 Å². The Kier molecular flexibility index (Phi) is 4.00. The zero-order valence-electron chi connectivity index (χ0n) is 14.0. The predicted molar refractivity (Wildman–Crippen MR) is 93.7 cm³/mol. The Hall–Kier alpha value is -2.33. The first kappa shape index (κ1) is 16.2.